The second-order valence-electron chi connectivity index (χ2n) is 5.95. The van der Waals surface area contributed by atoms with E-state index in [1.54, 1.807) is 0 Å². The van der Waals surface area contributed by atoms with Gasteiger partial charge in [-0.25, -0.2) is 4.57 Å². The summed E-state index contributed by atoms with van der Waals surface area (Å²) in [5, 5.41) is 0.276. The number of furan rings is 1. The molecule has 30 heavy (non-hydrogen) atoms. The molecule has 0 atom stereocenters. The molecule has 1 heterocycles. The molecule has 3 aromatic rings. The predicted molar refractivity (Wildman–Crippen MR) is 105 cm³/mol. The standard InChI is InChI=1S/C19H19O10P/c1-24-13-6-5-11-12(9-28-17(11)19(13)29-30(21,22)23)16(20)10-7-14(25-2)18(27-4)15(8-10)26-3/h5-9H,1-4H3,(H2,21,22,23). The van der Waals surface area contributed by atoms with Crippen LogP contribution in [0.3, 0.4) is 0 Å². The summed E-state index contributed by atoms with van der Waals surface area (Å²) in [6.45, 7) is 0. The van der Waals surface area contributed by atoms with E-state index in [9.17, 15) is 19.1 Å². The van der Waals surface area contributed by atoms with Gasteiger partial charge in [0.2, 0.25) is 11.5 Å². The van der Waals surface area contributed by atoms with Crippen LogP contribution in [0.1, 0.15) is 15.9 Å². The second kappa shape index (κ2) is 8.27. The summed E-state index contributed by atoms with van der Waals surface area (Å²) in [5.41, 5.74) is 0.312. The number of rotatable bonds is 8. The number of hydrogen-bond acceptors (Lipinski definition) is 8. The number of phosphoric ester groups is 1. The van der Waals surface area contributed by atoms with Gasteiger partial charge < -0.3 is 27.9 Å². The van der Waals surface area contributed by atoms with E-state index in [0.29, 0.717) is 17.2 Å². The molecule has 0 amide bonds. The van der Waals surface area contributed by atoms with Crippen molar-refractivity contribution in [3.05, 3.63) is 41.7 Å². The molecule has 0 bridgehead atoms. The molecule has 2 N–H and O–H groups in total. The second-order valence-corrected chi connectivity index (χ2v) is 7.11. The summed E-state index contributed by atoms with van der Waals surface area (Å²) in [7, 11) is 0.698. The average molecular weight is 438 g/mol. The van der Waals surface area contributed by atoms with Gasteiger partial charge in [0, 0.05) is 10.9 Å². The fourth-order valence-electron chi connectivity index (χ4n) is 2.96. The van der Waals surface area contributed by atoms with Crippen LogP contribution in [0.2, 0.25) is 0 Å². The Labute approximate surface area is 171 Å². The highest BCUT2D eigenvalue weighted by Crippen LogP contribution is 2.47. The third-order valence-electron chi connectivity index (χ3n) is 4.26. The van der Waals surface area contributed by atoms with E-state index in [0.717, 1.165) is 0 Å². The summed E-state index contributed by atoms with van der Waals surface area (Å²) in [4.78, 5) is 31.6. The molecule has 10 nitrogen and oxygen atoms in total. The smallest absolute Gasteiger partial charge is 0.493 e. The lowest BCUT2D eigenvalue weighted by atomic mass is 10.0. The van der Waals surface area contributed by atoms with Crippen molar-refractivity contribution in [1.29, 1.82) is 0 Å². The monoisotopic (exact) mass is 438 g/mol. The first-order valence-electron chi connectivity index (χ1n) is 8.42. The molecule has 0 aliphatic heterocycles. The number of methoxy groups -OCH3 is 4. The summed E-state index contributed by atoms with van der Waals surface area (Å²) in [6.07, 6.45) is 1.17. The Bertz CT molecular complexity index is 1120. The highest BCUT2D eigenvalue weighted by Gasteiger charge is 2.27. The van der Waals surface area contributed by atoms with Crippen LogP contribution in [0.15, 0.2) is 34.9 Å². The van der Waals surface area contributed by atoms with Crippen LogP contribution in [0, 0.1) is 0 Å². The molecular formula is C19H19O10P. The SMILES string of the molecule is COc1cc(C(=O)c2coc3c(OP(=O)(O)O)c(OC)ccc23)cc(OC)c1OC. The Morgan fingerprint density at radius 1 is 0.900 bits per heavy atom. The predicted octanol–water partition coefficient (Wildman–Crippen LogP) is 3.17. The number of phosphoric acid groups is 1. The van der Waals surface area contributed by atoms with Gasteiger partial charge in [-0.1, -0.05) is 0 Å². The zero-order valence-electron chi connectivity index (χ0n) is 16.5. The molecule has 0 aliphatic rings. The normalized spacial score (nSPS) is 11.3. The van der Waals surface area contributed by atoms with Crippen LogP contribution in [-0.4, -0.2) is 44.0 Å². The van der Waals surface area contributed by atoms with Crippen LogP contribution in [-0.2, 0) is 4.57 Å². The summed E-state index contributed by atoms with van der Waals surface area (Å²) in [5.74, 6) is 0.190. The molecule has 0 saturated heterocycles. The Morgan fingerprint density at radius 2 is 1.50 bits per heavy atom. The Morgan fingerprint density at radius 3 is 2.00 bits per heavy atom. The fraction of sp³-hybridized carbons (Fsp3) is 0.211. The van der Waals surface area contributed by atoms with E-state index < -0.39 is 13.6 Å². The van der Waals surface area contributed by atoms with E-state index in [1.165, 1.54) is 59.0 Å². The molecule has 2 aromatic carbocycles. The van der Waals surface area contributed by atoms with Crippen molar-refractivity contribution in [2.75, 3.05) is 28.4 Å². The average Bonchev–Trinajstić information content (AvgIpc) is 3.15. The maximum atomic E-state index is 13.2. The first kappa shape index (κ1) is 21.5. The minimum absolute atomic E-state index is 0.0342. The van der Waals surface area contributed by atoms with Gasteiger partial charge in [-0.2, -0.15) is 0 Å². The van der Waals surface area contributed by atoms with Crippen LogP contribution in [0.4, 0.5) is 0 Å². The zero-order chi connectivity index (χ0) is 22.1. The largest absolute Gasteiger partial charge is 0.525 e. The number of ether oxygens (including phenoxy) is 4. The zero-order valence-corrected chi connectivity index (χ0v) is 17.4. The molecule has 0 fully saturated rings. The van der Waals surface area contributed by atoms with Gasteiger partial charge in [-0.05, 0) is 24.3 Å². The molecule has 1 aromatic heterocycles. The van der Waals surface area contributed by atoms with Gasteiger partial charge >= 0.3 is 7.82 Å². The molecule has 3 rings (SSSR count). The third-order valence-corrected chi connectivity index (χ3v) is 4.68. The van der Waals surface area contributed by atoms with Crippen molar-refractivity contribution in [2.45, 2.75) is 0 Å². The fourth-order valence-corrected chi connectivity index (χ4v) is 3.38. The number of carbonyl (C=O) groups is 1. The molecule has 0 aliphatic carbocycles. The topological polar surface area (TPSA) is 134 Å². The maximum absolute atomic E-state index is 13.2. The lowest BCUT2D eigenvalue weighted by molar-refractivity contribution is 0.103. The third kappa shape index (κ3) is 3.93. The van der Waals surface area contributed by atoms with E-state index >= 15 is 0 Å². The van der Waals surface area contributed by atoms with Crippen LogP contribution in [0.5, 0.6) is 28.7 Å². The summed E-state index contributed by atoms with van der Waals surface area (Å²) < 4.78 is 42.4. The Hall–Kier alpha value is -3.20. The molecule has 0 unspecified atom stereocenters. The molecule has 160 valence electrons. The molecule has 0 spiro atoms. The molecular weight excluding hydrogens is 419 g/mol. The van der Waals surface area contributed by atoms with Crippen molar-refractivity contribution in [1.82, 2.24) is 0 Å². The van der Waals surface area contributed by atoms with E-state index in [1.807, 2.05) is 0 Å². The lowest BCUT2D eigenvalue weighted by Crippen LogP contribution is -2.04. The number of benzene rings is 2. The van der Waals surface area contributed by atoms with Crippen LogP contribution >= 0.6 is 7.82 Å². The van der Waals surface area contributed by atoms with Gasteiger partial charge in [-0.15, -0.1) is 0 Å². The highest BCUT2D eigenvalue weighted by atomic mass is 31.2. The first-order valence-corrected chi connectivity index (χ1v) is 9.95. The van der Waals surface area contributed by atoms with E-state index in [-0.39, 0.29) is 33.6 Å². The van der Waals surface area contributed by atoms with Gasteiger partial charge in [0.15, 0.2) is 28.6 Å². The maximum Gasteiger partial charge on any atom is 0.525 e. The van der Waals surface area contributed by atoms with Crippen molar-refractivity contribution in [3.63, 3.8) is 0 Å². The van der Waals surface area contributed by atoms with Crippen LogP contribution < -0.4 is 23.5 Å². The van der Waals surface area contributed by atoms with E-state index in [4.69, 9.17) is 27.9 Å². The summed E-state index contributed by atoms with van der Waals surface area (Å²) >= 11 is 0. The first-order chi connectivity index (χ1) is 14.2. The van der Waals surface area contributed by atoms with E-state index in [2.05, 4.69) is 0 Å². The number of hydrogen-bond donors (Lipinski definition) is 2. The summed E-state index contributed by atoms with van der Waals surface area (Å²) in [6, 6.07) is 5.91. The van der Waals surface area contributed by atoms with Crippen molar-refractivity contribution in [3.8, 4) is 28.7 Å². The minimum atomic E-state index is -4.91. The van der Waals surface area contributed by atoms with Crippen molar-refractivity contribution < 1.29 is 47.0 Å². The number of carbonyl (C=O) groups excluding carboxylic acids is 1. The Balaban J connectivity index is 2.15. The molecule has 0 radical (unpaired) electrons. The van der Waals surface area contributed by atoms with Crippen LogP contribution in [0.25, 0.3) is 11.0 Å². The lowest BCUT2D eigenvalue weighted by Gasteiger charge is -2.13. The quantitative estimate of drug-likeness (QED) is 0.399. The minimum Gasteiger partial charge on any atom is -0.493 e. The van der Waals surface area contributed by atoms with Crippen molar-refractivity contribution >= 4 is 24.6 Å². The van der Waals surface area contributed by atoms with Gasteiger partial charge in [0.05, 0.1) is 34.0 Å². The molecule has 0 saturated carbocycles. The van der Waals surface area contributed by atoms with Crippen molar-refractivity contribution in [2.24, 2.45) is 0 Å². The number of ketones is 1. The van der Waals surface area contributed by atoms with Gasteiger partial charge in [-0.3, -0.25) is 14.6 Å². The molecule has 11 heteroatoms. The number of fused-ring (bicyclic) bond motifs is 1. The highest BCUT2D eigenvalue weighted by molar-refractivity contribution is 7.46. The van der Waals surface area contributed by atoms with Gasteiger partial charge in [0.25, 0.3) is 0 Å². The Kier molecular flexibility index (Phi) is 5.93. The van der Waals surface area contributed by atoms with Gasteiger partial charge in [0.1, 0.15) is 6.26 Å².